The quantitative estimate of drug-likeness (QED) is 0.168. The van der Waals surface area contributed by atoms with E-state index in [0.717, 1.165) is 0 Å². The molecular weight excluding hydrogens is 144 g/mol. The van der Waals surface area contributed by atoms with Gasteiger partial charge in [0.25, 0.3) is 6.02 Å². The summed E-state index contributed by atoms with van der Waals surface area (Å²) in [6.45, 7) is 3.97. The van der Waals surface area contributed by atoms with Crippen LogP contribution in [0.3, 0.4) is 0 Å². The van der Waals surface area contributed by atoms with Gasteiger partial charge < -0.3 is 10.1 Å². The number of hydrogen-bond donors (Lipinski definition) is 3. The molecule has 0 aromatic rings. The number of hydrogen-bond acceptors (Lipinski definition) is 4. The van der Waals surface area contributed by atoms with E-state index in [1.54, 1.807) is 7.05 Å². The molecule has 0 unspecified atom stereocenters. The molecule has 0 atom stereocenters. The second kappa shape index (κ2) is 7.04. The second-order valence-electron chi connectivity index (χ2n) is 1.60. The van der Waals surface area contributed by atoms with Crippen molar-refractivity contribution in [3.63, 3.8) is 0 Å². The van der Waals surface area contributed by atoms with Gasteiger partial charge in [-0.3, -0.25) is 5.43 Å². The molecule has 0 aromatic heterocycles. The van der Waals surface area contributed by atoms with Crippen LogP contribution in [-0.2, 0) is 4.74 Å². The van der Waals surface area contributed by atoms with Gasteiger partial charge in [0.15, 0.2) is 0 Å². The fraction of sp³-hybridized carbons (Fsp3) is 0.500. The summed E-state index contributed by atoms with van der Waals surface area (Å²) in [5.41, 5.74) is 5.56. The first-order valence-electron chi connectivity index (χ1n) is 3.21. The molecule has 0 rings (SSSR count). The number of nitrogens with zero attached hydrogens (tertiary/aromatic N) is 1. The van der Waals surface area contributed by atoms with Gasteiger partial charge in [0.05, 0.1) is 13.8 Å². The molecule has 0 radical (unpaired) electrons. The molecule has 5 nitrogen and oxygen atoms in total. The van der Waals surface area contributed by atoms with Gasteiger partial charge in [-0.15, -0.1) is 0 Å². The maximum absolute atomic E-state index is 4.84. The SMILES string of the molecule is C=C/N=C(\NCNNC)OC. The van der Waals surface area contributed by atoms with E-state index >= 15 is 0 Å². The third kappa shape index (κ3) is 5.38. The van der Waals surface area contributed by atoms with Crippen LogP contribution < -0.4 is 16.2 Å². The lowest BCUT2D eigenvalue weighted by Crippen LogP contribution is -2.40. The number of amidine groups is 1. The molecule has 0 aliphatic carbocycles. The molecule has 0 fully saturated rings. The maximum Gasteiger partial charge on any atom is 0.290 e. The standard InChI is InChI=1S/C6H14N4O/c1-4-8-6(11-3)9-5-10-7-2/h4,7,10H,1,5H2,2-3H3,(H,8,9). The first-order chi connectivity index (χ1) is 5.35. The third-order valence-electron chi connectivity index (χ3n) is 0.907. The van der Waals surface area contributed by atoms with Gasteiger partial charge in [-0.2, -0.15) is 0 Å². The van der Waals surface area contributed by atoms with Gasteiger partial charge in [0.1, 0.15) is 0 Å². The molecule has 0 aliphatic heterocycles. The van der Waals surface area contributed by atoms with E-state index in [9.17, 15) is 0 Å². The van der Waals surface area contributed by atoms with Crippen molar-refractivity contribution in [1.82, 2.24) is 16.2 Å². The van der Waals surface area contributed by atoms with E-state index in [2.05, 4.69) is 27.7 Å². The van der Waals surface area contributed by atoms with Crippen molar-refractivity contribution in [2.45, 2.75) is 0 Å². The smallest absolute Gasteiger partial charge is 0.290 e. The highest BCUT2D eigenvalue weighted by molar-refractivity contribution is 5.73. The second-order valence-corrected chi connectivity index (χ2v) is 1.60. The molecule has 64 valence electrons. The fourth-order valence-corrected chi connectivity index (χ4v) is 0.462. The van der Waals surface area contributed by atoms with Crippen molar-refractivity contribution in [3.05, 3.63) is 12.8 Å². The van der Waals surface area contributed by atoms with Gasteiger partial charge in [0, 0.05) is 6.20 Å². The average molecular weight is 158 g/mol. The maximum atomic E-state index is 4.84. The minimum atomic E-state index is 0.433. The average Bonchev–Trinajstić information content (AvgIpc) is 2.03. The predicted molar refractivity (Wildman–Crippen MR) is 44.8 cm³/mol. The molecular formula is C6H14N4O. The Morgan fingerprint density at radius 2 is 2.45 bits per heavy atom. The highest BCUT2D eigenvalue weighted by Gasteiger charge is 1.91. The summed E-state index contributed by atoms with van der Waals surface area (Å²) >= 11 is 0. The minimum Gasteiger partial charge on any atom is -0.468 e. The Hall–Kier alpha value is -1.07. The summed E-state index contributed by atoms with van der Waals surface area (Å²) in [7, 11) is 3.31. The molecule has 3 N–H and O–H groups in total. The van der Waals surface area contributed by atoms with Crippen molar-refractivity contribution in [3.8, 4) is 0 Å². The number of rotatable bonds is 4. The largest absolute Gasteiger partial charge is 0.468 e. The Morgan fingerprint density at radius 3 is 2.91 bits per heavy atom. The summed E-state index contributed by atoms with van der Waals surface area (Å²) in [6, 6.07) is 0.433. The van der Waals surface area contributed by atoms with Crippen LogP contribution in [0, 0.1) is 0 Å². The highest BCUT2D eigenvalue weighted by atomic mass is 16.5. The van der Waals surface area contributed by atoms with Crippen molar-refractivity contribution < 1.29 is 4.74 Å². The van der Waals surface area contributed by atoms with Crippen molar-refractivity contribution in [1.29, 1.82) is 0 Å². The van der Waals surface area contributed by atoms with Gasteiger partial charge >= 0.3 is 0 Å². The number of ether oxygens (including phenoxy) is 1. The Labute approximate surface area is 66.5 Å². The molecule has 5 heteroatoms. The highest BCUT2D eigenvalue weighted by Crippen LogP contribution is 1.74. The Balaban J connectivity index is 3.52. The van der Waals surface area contributed by atoms with Gasteiger partial charge in [-0.05, 0) is 7.05 Å². The fourth-order valence-electron chi connectivity index (χ4n) is 0.462. The first kappa shape index (κ1) is 9.93. The van der Waals surface area contributed by atoms with Crippen LogP contribution in [0.1, 0.15) is 0 Å². The van der Waals surface area contributed by atoms with E-state index in [4.69, 9.17) is 4.74 Å². The van der Waals surface area contributed by atoms with Crippen LogP contribution >= 0.6 is 0 Å². The van der Waals surface area contributed by atoms with Crippen molar-refractivity contribution in [2.75, 3.05) is 20.8 Å². The summed E-state index contributed by atoms with van der Waals surface area (Å²) in [5.74, 6) is 0. The van der Waals surface area contributed by atoms with E-state index in [1.807, 2.05) is 0 Å². The first-order valence-corrected chi connectivity index (χ1v) is 3.21. The molecule has 0 spiro atoms. The van der Waals surface area contributed by atoms with Crippen LogP contribution in [0.5, 0.6) is 0 Å². The topological polar surface area (TPSA) is 57.7 Å². The van der Waals surface area contributed by atoms with E-state index < -0.39 is 0 Å². The van der Waals surface area contributed by atoms with Crippen LogP contribution in [0.2, 0.25) is 0 Å². The third-order valence-corrected chi connectivity index (χ3v) is 0.907. The summed E-state index contributed by atoms with van der Waals surface area (Å²) in [5, 5.41) is 2.85. The number of aliphatic imine (C=N–C) groups is 1. The monoisotopic (exact) mass is 158 g/mol. The Morgan fingerprint density at radius 1 is 1.73 bits per heavy atom. The predicted octanol–water partition coefficient (Wildman–Crippen LogP) is -0.597. The molecule has 0 aromatic carbocycles. The summed E-state index contributed by atoms with van der Waals surface area (Å²) < 4.78 is 4.84. The molecule has 0 bridgehead atoms. The van der Waals surface area contributed by atoms with Crippen LogP contribution in [0.4, 0.5) is 0 Å². The number of methoxy groups -OCH3 is 1. The molecule has 0 aliphatic rings. The normalized spacial score (nSPS) is 10.9. The van der Waals surface area contributed by atoms with E-state index in [1.165, 1.54) is 13.3 Å². The van der Waals surface area contributed by atoms with E-state index in [-0.39, 0.29) is 0 Å². The van der Waals surface area contributed by atoms with Crippen LogP contribution in [-0.4, -0.2) is 26.8 Å². The lowest BCUT2D eigenvalue weighted by Gasteiger charge is -2.06. The van der Waals surface area contributed by atoms with Crippen LogP contribution in [0.15, 0.2) is 17.8 Å². The zero-order valence-electron chi connectivity index (χ0n) is 6.85. The number of hydrazine groups is 1. The van der Waals surface area contributed by atoms with Gasteiger partial charge in [-0.25, -0.2) is 10.4 Å². The number of nitrogens with one attached hydrogen (secondary N) is 3. The van der Waals surface area contributed by atoms with E-state index in [0.29, 0.717) is 12.7 Å². The Kier molecular flexibility index (Phi) is 6.36. The summed E-state index contributed by atoms with van der Waals surface area (Å²) in [6.07, 6.45) is 1.41. The lowest BCUT2D eigenvalue weighted by atomic mass is 10.9. The zero-order valence-corrected chi connectivity index (χ0v) is 6.85. The Bertz CT molecular complexity index is 135. The molecule has 0 heterocycles. The molecule has 0 amide bonds. The zero-order chi connectivity index (χ0) is 8.53. The van der Waals surface area contributed by atoms with Gasteiger partial charge in [0.2, 0.25) is 0 Å². The van der Waals surface area contributed by atoms with Crippen LogP contribution in [0.25, 0.3) is 0 Å². The minimum absolute atomic E-state index is 0.433. The molecule has 0 saturated carbocycles. The van der Waals surface area contributed by atoms with Crippen molar-refractivity contribution >= 4 is 6.02 Å². The molecule has 0 saturated heterocycles. The summed E-state index contributed by atoms with van der Waals surface area (Å²) in [4.78, 5) is 3.79. The van der Waals surface area contributed by atoms with Gasteiger partial charge in [-0.1, -0.05) is 6.58 Å². The van der Waals surface area contributed by atoms with Crippen molar-refractivity contribution in [2.24, 2.45) is 4.99 Å². The lowest BCUT2D eigenvalue weighted by molar-refractivity contribution is 0.374. The molecule has 11 heavy (non-hydrogen) atoms.